The molecule has 0 bridgehead atoms. The second-order valence-electron chi connectivity index (χ2n) is 6.70. The first kappa shape index (κ1) is 14.3. The van der Waals surface area contributed by atoms with Gasteiger partial charge in [-0.25, -0.2) is 0 Å². The Bertz CT molecular complexity index is 709. The van der Waals surface area contributed by atoms with E-state index in [1.54, 1.807) is 0 Å². The number of carbonyl (C=O) groups excluding carboxylic acids is 1. The number of carbonyl (C=O) groups is 1. The van der Waals surface area contributed by atoms with Crippen molar-refractivity contribution in [3.05, 3.63) is 60.2 Å². The Balaban J connectivity index is 1.79. The number of hydrogen-bond donors (Lipinski definition) is 1. The Hall–Kier alpha value is -2.29. The van der Waals surface area contributed by atoms with Crippen molar-refractivity contribution in [1.82, 2.24) is 0 Å². The van der Waals surface area contributed by atoms with Crippen LogP contribution in [0.25, 0.3) is 0 Å². The molecule has 1 N–H and O–H groups in total. The molecule has 2 aliphatic rings. The van der Waals surface area contributed by atoms with Crippen LogP contribution in [0, 0.1) is 5.92 Å². The molecule has 1 fully saturated rings. The van der Waals surface area contributed by atoms with Gasteiger partial charge in [0.2, 0.25) is 5.91 Å². The van der Waals surface area contributed by atoms with Gasteiger partial charge in [-0.2, -0.15) is 0 Å². The lowest BCUT2D eigenvalue weighted by atomic mass is 9.91. The first-order valence-corrected chi connectivity index (χ1v) is 8.47. The van der Waals surface area contributed by atoms with Crippen LogP contribution < -0.4 is 10.2 Å². The van der Waals surface area contributed by atoms with Crippen LogP contribution in [0.1, 0.15) is 37.8 Å². The van der Waals surface area contributed by atoms with E-state index >= 15 is 0 Å². The van der Waals surface area contributed by atoms with Crippen molar-refractivity contribution in [1.29, 1.82) is 0 Å². The summed E-state index contributed by atoms with van der Waals surface area (Å²) in [7, 11) is 0. The molecule has 0 aromatic heterocycles. The van der Waals surface area contributed by atoms with E-state index < -0.39 is 0 Å². The van der Waals surface area contributed by atoms with E-state index in [2.05, 4.69) is 48.6 Å². The molecule has 0 spiro atoms. The number of anilines is 2. The normalized spacial score (nSPS) is 22.8. The van der Waals surface area contributed by atoms with Crippen molar-refractivity contribution < 1.29 is 4.79 Å². The first-order chi connectivity index (χ1) is 11.2. The van der Waals surface area contributed by atoms with Crippen molar-refractivity contribution in [2.24, 2.45) is 5.92 Å². The summed E-state index contributed by atoms with van der Waals surface area (Å²) in [6.45, 7) is 2.19. The fourth-order valence-electron chi connectivity index (χ4n) is 3.53. The fraction of sp³-hybridized carbons (Fsp3) is 0.350. The molecule has 118 valence electrons. The van der Waals surface area contributed by atoms with Crippen molar-refractivity contribution in [3.8, 4) is 0 Å². The lowest BCUT2D eigenvalue weighted by Crippen LogP contribution is -2.41. The van der Waals surface area contributed by atoms with Crippen LogP contribution in [0.4, 0.5) is 11.4 Å². The number of benzene rings is 2. The summed E-state index contributed by atoms with van der Waals surface area (Å²) in [6, 6.07) is 19.0. The van der Waals surface area contributed by atoms with Crippen molar-refractivity contribution in [3.63, 3.8) is 0 Å². The molecule has 0 radical (unpaired) electrons. The highest BCUT2D eigenvalue weighted by Crippen LogP contribution is 2.42. The average molecular weight is 306 g/mol. The van der Waals surface area contributed by atoms with Gasteiger partial charge in [0.05, 0.1) is 6.04 Å². The monoisotopic (exact) mass is 306 g/mol. The third-order valence-corrected chi connectivity index (χ3v) is 4.81. The molecule has 23 heavy (non-hydrogen) atoms. The van der Waals surface area contributed by atoms with E-state index in [-0.39, 0.29) is 17.9 Å². The number of rotatable bonds is 3. The van der Waals surface area contributed by atoms with Gasteiger partial charge in [-0.15, -0.1) is 0 Å². The van der Waals surface area contributed by atoms with Gasteiger partial charge in [-0.1, -0.05) is 36.4 Å². The van der Waals surface area contributed by atoms with Crippen LogP contribution >= 0.6 is 0 Å². The van der Waals surface area contributed by atoms with Gasteiger partial charge in [0.1, 0.15) is 0 Å². The summed E-state index contributed by atoms with van der Waals surface area (Å²) in [4.78, 5) is 15.1. The first-order valence-electron chi connectivity index (χ1n) is 8.47. The van der Waals surface area contributed by atoms with Crippen LogP contribution in [0.15, 0.2) is 54.6 Å². The number of fused-ring (bicyclic) bond motifs is 1. The van der Waals surface area contributed by atoms with Crippen molar-refractivity contribution in [2.45, 2.75) is 38.3 Å². The van der Waals surface area contributed by atoms with E-state index in [9.17, 15) is 4.79 Å². The third kappa shape index (κ3) is 2.72. The van der Waals surface area contributed by atoms with Crippen molar-refractivity contribution >= 4 is 17.3 Å². The highest BCUT2D eigenvalue weighted by Gasteiger charge is 2.39. The average Bonchev–Trinajstić information content (AvgIpc) is 3.41. The molecule has 4 rings (SSSR count). The predicted molar refractivity (Wildman–Crippen MR) is 93.5 cm³/mol. The Labute approximate surface area is 137 Å². The summed E-state index contributed by atoms with van der Waals surface area (Å²) in [5, 5.41) is 3.54. The molecule has 1 heterocycles. The molecule has 1 aliphatic heterocycles. The standard InChI is InChI=1S/C20H22N2O/c1-14-13-19(17-9-5-6-10-18(17)21-14)22(20(23)15-11-12-15)16-7-3-2-4-8-16/h2-10,14-15,19,21H,11-13H2,1H3/t14-,19+/m0/s1. The summed E-state index contributed by atoms with van der Waals surface area (Å²) in [5.41, 5.74) is 3.39. The highest BCUT2D eigenvalue weighted by molar-refractivity contribution is 5.97. The number of hydrogen-bond acceptors (Lipinski definition) is 2. The zero-order valence-corrected chi connectivity index (χ0v) is 13.4. The Kier molecular flexibility index (Phi) is 3.56. The lowest BCUT2D eigenvalue weighted by molar-refractivity contribution is -0.120. The van der Waals surface area contributed by atoms with Gasteiger partial charge in [-0.3, -0.25) is 4.79 Å². The molecular weight excluding hydrogens is 284 g/mol. The molecule has 0 unspecified atom stereocenters. The topological polar surface area (TPSA) is 32.3 Å². The smallest absolute Gasteiger partial charge is 0.230 e. The largest absolute Gasteiger partial charge is 0.382 e. The second kappa shape index (κ2) is 5.73. The van der Waals surface area contributed by atoms with Gasteiger partial charge in [0, 0.05) is 23.3 Å². The van der Waals surface area contributed by atoms with Gasteiger partial charge in [-0.05, 0) is 49.9 Å². The Morgan fingerprint density at radius 1 is 1.04 bits per heavy atom. The predicted octanol–water partition coefficient (Wildman–Crippen LogP) is 4.38. The Morgan fingerprint density at radius 2 is 1.74 bits per heavy atom. The Morgan fingerprint density at radius 3 is 2.48 bits per heavy atom. The molecule has 2 aromatic rings. The maximum atomic E-state index is 13.0. The molecular formula is C20H22N2O. The number of nitrogens with one attached hydrogen (secondary N) is 1. The van der Waals surface area contributed by atoms with Gasteiger partial charge in [0.25, 0.3) is 0 Å². The molecule has 3 nitrogen and oxygen atoms in total. The van der Waals surface area contributed by atoms with Crippen LogP contribution in [-0.2, 0) is 4.79 Å². The van der Waals surface area contributed by atoms with Gasteiger partial charge in [0.15, 0.2) is 0 Å². The zero-order valence-electron chi connectivity index (χ0n) is 13.4. The van der Waals surface area contributed by atoms with Crippen LogP contribution in [0.3, 0.4) is 0 Å². The molecule has 1 saturated carbocycles. The lowest BCUT2D eigenvalue weighted by Gasteiger charge is -2.39. The molecule has 0 saturated heterocycles. The third-order valence-electron chi connectivity index (χ3n) is 4.81. The second-order valence-corrected chi connectivity index (χ2v) is 6.70. The number of nitrogens with zero attached hydrogens (tertiary/aromatic N) is 1. The minimum atomic E-state index is 0.109. The molecule has 1 aliphatic carbocycles. The van der Waals surface area contributed by atoms with Gasteiger partial charge >= 0.3 is 0 Å². The quantitative estimate of drug-likeness (QED) is 0.913. The van der Waals surface area contributed by atoms with Crippen LogP contribution in [-0.4, -0.2) is 11.9 Å². The maximum absolute atomic E-state index is 13.0. The van der Waals surface area contributed by atoms with E-state index in [1.165, 1.54) is 5.56 Å². The highest BCUT2D eigenvalue weighted by atomic mass is 16.2. The molecule has 2 atom stereocenters. The summed E-state index contributed by atoms with van der Waals surface area (Å²) >= 11 is 0. The maximum Gasteiger partial charge on any atom is 0.230 e. The van der Waals surface area contributed by atoms with Crippen LogP contribution in [0.2, 0.25) is 0 Å². The van der Waals surface area contributed by atoms with Gasteiger partial charge < -0.3 is 10.2 Å². The molecule has 1 amide bonds. The van der Waals surface area contributed by atoms with Crippen molar-refractivity contribution in [2.75, 3.05) is 10.2 Å². The summed E-state index contributed by atoms with van der Waals surface area (Å²) in [6.07, 6.45) is 3.00. The SMILES string of the molecule is C[C@H]1C[C@@H](N(C(=O)C2CC2)c2ccccc2)c2ccccc2N1. The number of para-hydroxylation sites is 2. The fourth-order valence-corrected chi connectivity index (χ4v) is 3.53. The van der Waals surface area contributed by atoms with E-state index in [0.29, 0.717) is 6.04 Å². The summed E-state index contributed by atoms with van der Waals surface area (Å²) < 4.78 is 0. The van der Waals surface area contributed by atoms with E-state index in [1.807, 2.05) is 23.1 Å². The zero-order chi connectivity index (χ0) is 15.8. The summed E-state index contributed by atoms with van der Waals surface area (Å²) in [5.74, 6) is 0.498. The van der Waals surface area contributed by atoms with E-state index in [0.717, 1.165) is 30.6 Å². The minimum absolute atomic E-state index is 0.109. The minimum Gasteiger partial charge on any atom is -0.382 e. The molecule has 2 aromatic carbocycles. The van der Waals surface area contributed by atoms with Crippen LogP contribution in [0.5, 0.6) is 0 Å². The number of amides is 1. The van der Waals surface area contributed by atoms with E-state index in [4.69, 9.17) is 0 Å². The molecule has 3 heteroatoms.